The van der Waals surface area contributed by atoms with Crippen LogP contribution in [-0.4, -0.2) is 40.5 Å². The van der Waals surface area contributed by atoms with Crippen molar-refractivity contribution in [2.45, 2.75) is 37.7 Å². The SMILES string of the molecule is C[C@@H](O)[C@@H](O)[C@H]1C[C@@H]([NH3+])C(=O)O1.[Cl-]. The van der Waals surface area contributed by atoms with E-state index in [-0.39, 0.29) is 12.4 Å². The number of aliphatic hydroxyl groups excluding tert-OH is 2. The fourth-order valence-electron chi connectivity index (χ4n) is 1.19. The van der Waals surface area contributed by atoms with Crippen molar-refractivity contribution in [3.63, 3.8) is 0 Å². The summed E-state index contributed by atoms with van der Waals surface area (Å²) in [4.78, 5) is 10.8. The Morgan fingerprint density at radius 1 is 1.62 bits per heavy atom. The van der Waals surface area contributed by atoms with Gasteiger partial charge in [0.1, 0.15) is 12.2 Å². The zero-order valence-electron chi connectivity index (χ0n) is 7.31. The fourth-order valence-corrected chi connectivity index (χ4v) is 1.19. The summed E-state index contributed by atoms with van der Waals surface area (Å²) in [6.45, 7) is 1.45. The molecule has 5 N–H and O–H groups in total. The van der Waals surface area contributed by atoms with Crippen LogP contribution in [0.15, 0.2) is 0 Å². The Bertz CT molecular complexity index is 187. The van der Waals surface area contributed by atoms with Gasteiger partial charge in [-0.15, -0.1) is 0 Å². The van der Waals surface area contributed by atoms with Crippen LogP contribution in [0.5, 0.6) is 0 Å². The Morgan fingerprint density at radius 3 is 2.46 bits per heavy atom. The van der Waals surface area contributed by atoms with E-state index in [0.29, 0.717) is 6.42 Å². The lowest BCUT2D eigenvalue weighted by Crippen LogP contribution is -3.00. The van der Waals surface area contributed by atoms with Gasteiger partial charge >= 0.3 is 5.97 Å². The van der Waals surface area contributed by atoms with Crippen LogP contribution in [0.4, 0.5) is 0 Å². The Kier molecular flexibility index (Phi) is 4.63. The summed E-state index contributed by atoms with van der Waals surface area (Å²) in [6, 6.07) is -0.414. The lowest BCUT2D eigenvalue weighted by atomic mass is 10.1. The zero-order chi connectivity index (χ0) is 9.30. The molecule has 78 valence electrons. The van der Waals surface area contributed by atoms with E-state index < -0.39 is 30.3 Å². The summed E-state index contributed by atoms with van der Waals surface area (Å²) in [6.07, 6.45) is -2.10. The highest BCUT2D eigenvalue weighted by Gasteiger charge is 2.40. The highest BCUT2D eigenvalue weighted by molar-refractivity contribution is 5.76. The maximum absolute atomic E-state index is 10.8. The number of esters is 1. The summed E-state index contributed by atoms with van der Waals surface area (Å²) in [5.74, 6) is -0.403. The molecule has 1 aliphatic rings. The molecule has 6 heteroatoms. The highest BCUT2D eigenvalue weighted by Crippen LogP contribution is 2.17. The first kappa shape index (κ1) is 12.6. The lowest BCUT2D eigenvalue weighted by Gasteiger charge is -2.18. The molecule has 0 aromatic carbocycles. The molecule has 13 heavy (non-hydrogen) atoms. The van der Waals surface area contributed by atoms with Crippen LogP contribution in [0.3, 0.4) is 0 Å². The number of carbonyl (C=O) groups excluding carboxylic acids is 1. The fraction of sp³-hybridized carbons (Fsp3) is 0.857. The number of carbonyl (C=O) groups is 1. The second-order valence-corrected chi connectivity index (χ2v) is 3.14. The molecule has 0 saturated carbocycles. The molecule has 1 aliphatic heterocycles. The minimum atomic E-state index is -0.999. The van der Waals surface area contributed by atoms with Crippen molar-refractivity contribution < 1.29 is 37.9 Å². The van der Waals surface area contributed by atoms with E-state index in [1.165, 1.54) is 6.92 Å². The van der Waals surface area contributed by atoms with Gasteiger partial charge in [-0.05, 0) is 6.92 Å². The predicted molar refractivity (Wildman–Crippen MR) is 38.9 cm³/mol. The third-order valence-electron chi connectivity index (χ3n) is 1.99. The van der Waals surface area contributed by atoms with Gasteiger partial charge in [-0.2, -0.15) is 0 Å². The van der Waals surface area contributed by atoms with Gasteiger partial charge in [0.15, 0.2) is 6.04 Å². The van der Waals surface area contributed by atoms with Crippen molar-refractivity contribution in [3.8, 4) is 0 Å². The standard InChI is InChI=1S/C7H13NO4.ClH/c1-3(9)6(10)5-2-4(8)7(11)12-5;/h3-6,9-10H,2,8H2,1H3;1H/t3-,4-,5-,6-;/m1./s1. The quantitative estimate of drug-likeness (QED) is 0.398. The molecule has 0 spiro atoms. The van der Waals surface area contributed by atoms with E-state index in [0.717, 1.165) is 0 Å². The topological polar surface area (TPSA) is 94.4 Å². The number of ether oxygens (including phenoxy) is 1. The molecule has 1 heterocycles. The maximum Gasteiger partial charge on any atom is 0.365 e. The van der Waals surface area contributed by atoms with Crippen LogP contribution < -0.4 is 18.1 Å². The van der Waals surface area contributed by atoms with Gasteiger partial charge in [-0.1, -0.05) is 0 Å². The molecule has 4 atom stereocenters. The second kappa shape index (κ2) is 4.76. The lowest BCUT2D eigenvalue weighted by molar-refractivity contribution is -0.402. The van der Waals surface area contributed by atoms with Crippen molar-refractivity contribution in [2.24, 2.45) is 0 Å². The first-order valence-corrected chi connectivity index (χ1v) is 3.92. The maximum atomic E-state index is 10.8. The van der Waals surface area contributed by atoms with E-state index in [9.17, 15) is 9.90 Å². The summed E-state index contributed by atoms with van der Waals surface area (Å²) < 4.78 is 4.79. The Balaban J connectivity index is 0.00000144. The molecule has 0 aliphatic carbocycles. The molecule has 1 rings (SSSR count). The molecule has 0 unspecified atom stereocenters. The van der Waals surface area contributed by atoms with Gasteiger partial charge in [-0.25, -0.2) is 4.79 Å². The summed E-state index contributed by atoms with van der Waals surface area (Å²) >= 11 is 0. The van der Waals surface area contributed by atoms with Crippen LogP contribution in [0.1, 0.15) is 13.3 Å². The molecule has 0 bridgehead atoms. The first-order chi connectivity index (χ1) is 5.52. The normalized spacial score (nSPS) is 31.8. The molecule has 0 radical (unpaired) electrons. The zero-order valence-corrected chi connectivity index (χ0v) is 8.07. The third kappa shape index (κ3) is 2.80. The number of quaternary nitrogens is 1. The first-order valence-electron chi connectivity index (χ1n) is 3.92. The van der Waals surface area contributed by atoms with Crippen LogP contribution in [0.25, 0.3) is 0 Å². The summed E-state index contributed by atoms with van der Waals surface area (Å²) in [5.41, 5.74) is 3.54. The van der Waals surface area contributed by atoms with Gasteiger partial charge < -0.3 is 33.1 Å². The minimum absolute atomic E-state index is 0. The van der Waals surface area contributed by atoms with Crippen LogP contribution in [0.2, 0.25) is 0 Å². The van der Waals surface area contributed by atoms with Gasteiger partial charge in [0.25, 0.3) is 0 Å². The third-order valence-corrected chi connectivity index (χ3v) is 1.99. The molecule has 0 aromatic heterocycles. The van der Waals surface area contributed by atoms with Gasteiger partial charge in [0.05, 0.1) is 12.5 Å². The molecule has 1 saturated heterocycles. The van der Waals surface area contributed by atoms with Crippen molar-refractivity contribution in [1.29, 1.82) is 0 Å². The Hall–Kier alpha value is -0.360. The highest BCUT2D eigenvalue weighted by atomic mass is 35.5. The second-order valence-electron chi connectivity index (χ2n) is 3.14. The van der Waals surface area contributed by atoms with Crippen LogP contribution >= 0.6 is 0 Å². The summed E-state index contributed by atoms with van der Waals surface area (Å²) in [5, 5.41) is 18.3. The predicted octanol–water partition coefficient (Wildman–Crippen LogP) is -5.34. The van der Waals surface area contributed by atoms with Gasteiger partial charge in [0, 0.05) is 0 Å². The molecular formula is C7H14ClNO4. The van der Waals surface area contributed by atoms with Gasteiger partial charge in [0.2, 0.25) is 0 Å². The Labute approximate surface area is 82.3 Å². The van der Waals surface area contributed by atoms with Crippen molar-refractivity contribution >= 4 is 5.97 Å². The number of hydrogen-bond acceptors (Lipinski definition) is 4. The molecular weight excluding hydrogens is 198 g/mol. The Morgan fingerprint density at radius 2 is 2.15 bits per heavy atom. The number of cyclic esters (lactones) is 1. The van der Waals surface area contributed by atoms with Crippen LogP contribution in [-0.2, 0) is 9.53 Å². The molecule has 5 nitrogen and oxygen atoms in total. The van der Waals surface area contributed by atoms with E-state index >= 15 is 0 Å². The van der Waals surface area contributed by atoms with Crippen molar-refractivity contribution in [1.82, 2.24) is 0 Å². The average molecular weight is 212 g/mol. The van der Waals surface area contributed by atoms with E-state index in [1.54, 1.807) is 0 Å². The smallest absolute Gasteiger partial charge is 0.365 e. The van der Waals surface area contributed by atoms with Crippen LogP contribution in [0, 0.1) is 0 Å². The average Bonchev–Trinajstić information content (AvgIpc) is 2.30. The number of rotatable bonds is 2. The number of hydrogen-bond donors (Lipinski definition) is 3. The monoisotopic (exact) mass is 211 g/mol. The molecule has 0 amide bonds. The van der Waals surface area contributed by atoms with Crippen molar-refractivity contribution in [3.05, 3.63) is 0 Å². The number of halogens is 1. The van der Waals surface area contributed by atoms with Gasteiger partial charge in [-0.3, -0.25) is 0 Å². The van der Waals surface area contributed by atoms with E-state index in [2.05, 4.69) is 5.73 Å². The largest absolute Gasteiger partial charge is 1.00 e. The molecule has 0 aromatic rings. The summed E-state index contributed by atoms with van der Waals surface area (Å²) in [7, 11) is 0. The van der Waals surface area contributed by atoms with E-state index in [1.807, 2.05) is 0 Å². The number of aliphatic hydroxyl groups is 2. The van der Waals surface area contributed by atoms with E-state index in [4.69, 9.17) is 9.84 Å². The minimum Gasteiger partial charge on any atom is -1.00 e. The molecule has 1 fully saturated rings. The van der Waals surface area contributed by atoms with Crippen molar-refractivity contribution in [2.75, 3.05) is 0 Å².